The number of carbonyl (C=O) groups is 1. The molecule has 0 radical (unpaired) electrons. The lowest BCUT2D eigenvalue weighted by molar-refractivity contribution is -0.160. The first-order chi connectivity index (χ1) is 13.2. The molecule has 0 spiro atoms. The van der Waals surface area contributed by atoms with Gasteiger partial charge in [-0.05, 0) is 57.0 Å². The molecule has 3 aromatic rings. The second kappa shape index (κ2) is 7.60. The summed E-state index contributed by atoms with van der Waals surface area (Å²) in [6.45, 7) is 7.37. The molecule has 5 heteroatoms. The van der Waals surface area contributed by atoms with Crippen molar-refractivity contribution in [2.24, 2.45) is 0 Å². The maximum atomic E-state index is 12.2. The molecule has 2 aromatic carbocycles. The van der Waals surface area contributed by atoms with Crippen LogP contribution in [0.5, 0.6) is 5.75 Å². The van der Waals surface area contributed by atoms with E-state index < -0.39 is 17.7 Å². The van der Waals surface area contributed by atoms with Crippen molar-refractivity contribution >= 4 is 16.9 Å². The topological polar surface area (TPSA) is 68.7 Å². The summed E-state index contributed by atoms with van der Waals surface area (Å²) in [4.78, 5) is 16.8. The fourth-order valence-electron chi connectivity index (χ4n) is 3.33. The average molecular weight is 379 g/mol. The first kappa shape index (κ1) is 19.8. The van der Waals surface area contributed by atoms with Crippen LogP contribution in [-0.4, -0.2) is 28.8 Å². The number of aliphatic carboxylic acids is 1. The van der Waals surface area contributed by atoms with Crippen molar-refractivity contribution in [3.8, 4) is 16.9 Å². The van der Waals surface area contributed by atoms with E-state index in [0.717, 1.165) is 27.8 Å². The Bertz CT molecular complexity index is 1000. The number of para-hydroxylation sites is 1. The number of hydrogen-bond donors (Lipinski definition) is 1. The third-order valence-electron chi connectivity index (χ3n) is 4.46. The normalized spacial score (nSPS) is 12.8. The number of aryl methyl sites for hydroxylation is 1. The number of ether oxygens (including phenoxy) is 2. The number of nitrogens with zero attached hydrogens (tertiary/aromatic N) is 1. The van der Waals surface area contributed by atoms with Crippen molar-refractivity contribution in [1.29, 1.82) is 0 Å². The molecule has 1 aromatic heterocycles. The van der Waals surface area contributed by atoms with Crippen LogP contribution < -0.4 is 4.74 Å². The highest BCUT2D eigenvalue weighted by molar-refractivity contribution is 5.98. The fraction of sp³-hybridized carbons (Fsp3) is 0.304. The third-order valence-corrected chi connectivity index (χ3v) is 4.46. The monoisotopic (exact) mass is 379 g/mol. The molecule has 0 aliphatic heterocycles. The largest absolute Gasteiger partial charge is 0.497 e. The second-order valence-corrected chi connectivity index (χ2v) is 7.68. The van der Waals surface area contributed by atoms with Gasteiger partial charge in [0.25, 0.3) is 0 Å². The van der Waals surface area contributed by atoms with Crippen LogP contribution in [0.2, 0.25) is 0 Å². The van der Waals surface area contributed by atoms with Crippen LogP contribution in [0.4, 0.5) is 0 Å². The molecule has 3 rings (SSSR count). The van der Waals surface area contributed by atoms with Crippen LogP contribution in [0.3, 0.4) is 0 Å². The predicted molar refractivity (Wildman–Crippen MR) is 110 cm³/mol. The van der Waals surface area contributed by atoms with E-state index in [1.165, 1.54) is 0 Å². The Labute approximate surface area is 164 Å². The number of carboxylic acid groups (broad SMARTS) is 1. The molecular formula is C23H25NO4. The van der Waals surface area contributed by atoms with E-state index in [-0.39, 0.29) is 0 Å². The van der Waals surface area contributed by atoms with Gasteiger partial charge in [-0.15, -0.1) is 0 Å². The van der Waals surface area contributed by atoms with Gasteiger partial charge in [0.1, 0.15) is 5.75 Å². The highest BCUT2D eigenvalue weighted by Crippen LogP contribution is 2.39. The molecule has 1 atom stereocenters. The summed E-state index contributed by atoms with van der Waals surface area (Å²) in [5.41, 5.74) is 3.11. The summed E-state index contributed by atoms with van der Waals surface area (Å²) in [7, 11) is 1.62. The molecule has 28 heavy (non-hydrogen) atoms. The Morgan fingerprint density at radius 2 is 1.71 bits per heavy atom. The van der Waals surface area contributed by atoms with Gasteiger partial charge in [0.05, 0.1) is 18.2 Å². The Hall–Kier alpha value is -2.92. The number of rotatable bonds is 5. The molecule has 0 saturated heterocycles. The molecule has 0 aliphatic carbocycles. The Balaban J connectivity index is 2.34. The minimum absolute atomic E-state index is 0.575. The molecule has 1 heterocycles. The summed E-state index contributed by atoms with van der Waals surface area (Å²) in [5, 5.41) is 10.9. The molecule has 1 unspecified atom stereocenters. The minimum Gasteiger partial charge on any atom is -0.497 e. The van der Waals surface area contributed by atoms with Gasteiger partial charge in [0, 0.05) is 16.6 Å². The van der Waals surface area contributed by atoms with Gasteiger partial charge < -0.3 is 14.6 Å². The first-order valence-corrected chi connectivity index (χ1v) is 9.15. The highest BCUT2D eigenvalue weighted by atomic mass is 16.5. The van der Waals surface area contributed by atoms with Crippen molar-refractivity contribution in [1.82, 2.24) is 4.98 Å². The van der Waals surface area contributed by atoms with Gasteiger partial charge in [-0.2, -0.15) is 0 Å². The van der Waals surface area contributed by atoms with E-state index in [1.807, 2.05) is 76.2 Å². The maximum absolute atomic E-state index is 12.2. The number of aromatic nitrogens is 1. The number of methoxy groups -OCH3 is 1. The van der Waals surface area contributed by atoms with Gasteiger partial charge in [-0.1, -0.05) is 30.3 Å². The van der Waals surface area contributed by atoms with Crippen molar-refractivity contribution < 1.29 is 19.4 Å². The lowest BCUT2D eigenvalue weighted by Gasteiger charge is -2.28. The zero-order valence-electron chi connectivity index (χ0n) is 16.8. The fourth-order valence-corrected chi connectivity index (χ4v) is 3.33. The smallest absolute Gasteiger partial charge is 0.337 e. The quantitative estimate of drug-likeness (QED) is 0.663. The Kier molecular flexibility index (Phi) is 5.38. The molecule has 0 amide bonds. The van der Waals surface area contributed by atoms with Crippen LogP contribution >= 0.6 is 0 Å². The molecule has 0 saturated carbocycles. The van der Waals surface area contributed by atoms with Crippen LogP contribution in [0.25, 0.3) is 22.0 Å². The molecule has 1 N–H and O–H groups in total. The average Bonchev–Trinajstić information content (AvgIpc) is 2.64. The van der Waals surface area contributed by atoms with E-state index >= 15 is 0 Å². The standard InChI is InChI=1S/C23H25NO4/c1-14-19(21(22(25)26)28-23(2,3)4)20(15-10-12-16(27-5)13-11-15)17-8-6-7-9-18(17)24-14/h6-13,21H,1-5H3,(H,25,26). The predicted octanol–water partition coefficient (Wildman–Crippen LogP) is 5.16. The first-order valence-electron chi connectivity index (χ1n) is 9.15. The second-order valence-electron chi connectivity index (χ2n) is 7.68. The summed E-state index contributed by atoms with van der Waals surface area (Å²) in [6.07, 6.45) is -1.13. The highest BCUT2D eigenvalue weighted by Gasteiger charge is 2.32. The SMILES string of the molecule is COc1ccc(-c2c(C(OC(C)(C)C)C(=O)O)c(C)nc3ccccc23)cc1. The number of benzene rings is 2. The van der Waals surface area contributed by atoms with Crippen LogP contribution in [-0.2, 0) is 9.53 Å². The van der Waals surface area contributed by atoms with E-state index in [9.17, 15) is 9.90 Å². The van der Waals surface area contributed by atoms with E-state index in [4.69, 9.17) is 9.47 Å². The Morgan fingerprint density at radius 3 is 2.29 bits per heavy atom. The summed E-state index contributed by atoms with van der Waals surface area (Å²) < 4.78 is 11.2. The summed E-state index contributed by atoms with van der Waals surface area (Å²) >= 11 is 0. The van der Waals surface area contributed by atoms with Crippen LogP contribution in [0.1, 0.15) is 38.1 Å². The number of pyridine rings is 1. The minimum atomic E-state index is -1.13. The van der Waals surface area contributed by atoms with E-state index in [0.29, 0.717) is 11.3 Å². The lowest BCUT2D eigenvalue weighted by Crippen LogP contribution is -2.28. The van der Waals surface area contributed by atoms with Crippen molar-refractivity contribution in [2.45, 2.75) is 39.4 Å². The van der Waals surface area contributed by atoms with Gasteiger partial charge in [0.2, 0.25) is 0 Å². The molecule has 146 valence electrons. The maximum Gasteiger partial charge on any atom is 0.337 e. The van der Waals surface area contributed by atoms with Crippen molar-refractivity contribution in [3.05, 3.63) is 59.8 Å². The third kappa shape index (κ3) is 3.99. The Morgan fingerprint density at radius 1 is 1.07 bits per heavy atom. The molecule has 5 nitrogen and oxygen atoms in total. The van der Waals surface area contributed by atoms with Gasteiger partial charge in [-0.25, -0.2) is 4.79 Å². The zero-order valence-corrected chi connectivity index (χ0v) is 16.8. The van der Waals surface area contributed by atoms with Gasteiger partial charge in [-0.3, -0.25) is 4.98 Å². The number of hydrogen-bond acceptors (Lipinski definition) is 4. The van der Waals surface area contributed by atoms with Gasteiger partial charge in [0.15, 0.2) is 6.10 Å². The van der Waals surface area contributed by atoms with Crippen molar-refractivity contribution in [3.63, 3.8) is 0 Å². The van der Waals surface area contributed by atoms with Gasteiger partial charge >= 0.3 is 5.97 Å². The molecule has 0 aliphatic rings. The van der Waals surface area contributed by atoms with Crippen molar-refractivity contribution in [2.75, 3.05) is 7.11 Å². The summed E-state index contributed by atoms with van der Waals surface area (Å²) in [5.74, 6) is -0.300. The molecule has 0 fully saturated rings. The van der Waals surface area contributed by atoms with Crippen LogP contribution in [0, 0.1) is 6.92 Å². The number of fused-ring (bicyclic) bond motifs is 1. The lowest BCUT2D eigenvalue weighted by atomic mass is 9.91. The molecular weight excluding hydrogens is 354 g/mol. The summed E-state index contributed by atoms with van der Waals surface area (Å²) in [6, 6.07) is 15.3. The van der Waals surface area contributed by atoms with Crippen LogP contribution in [0.15, 0.2) is 48.5 Å². The molecule has 0 bridgehead atoms. The van der Waals surface area contributed by atoms with E-state index in [1.54, 1.807) is 7.11 Å². The zero-order chi connectivity index (χ0) is 20.5. The number of carboxylic acids is 1. The van der Waals surface area contributed by atoms with E-state index in [2.05, 4.69) is 4.98 Å².